The van der Waals surface area contributed by atoms with Crippen LogP contribution in [0.5, 0.6) is 0 Å². The Bertz CT molecular complexity index is 308. The molecule has 5 heteroatoms. The van der Waals surface area contributed by atoms with Gasteiger partial charge in [-0.3, -0.25) is 9.59 Å². The highest BCUT2D eigenvalue weighted by atomic mass is 79.9. The van der Waals surface area contributed by atoms with Gasteiger partial charge in [-0.1, -0.05) is 29.8 Å². The van der Waals surface area contributed by atoms with Gasteiger partial charge in [0.25, 0.3) is 0 Å². The second kappa shape index (κ2) is 6.55. The fourth-order valence-electron chi connectivity index (χ4n) is 2.28. The summed E-state index contributed by atoms with van der Waals surface area (Å²) in [6, 6.07) is 0. The lowest BCUT2D eigenvalue weighted by Crippen LogP contribution is -2.56. The molecule has 0 N–H and O–H groups in total. The molecule has 1 heterocycles. The van der Waals surface area contributed by atoms with Crippen molar-refractivity contribution in [2.24, 2.45) is 5.41 Å². The second-order valence-electron chi connectivity index (χ2n) is 4.95. The Kier molecular flexibility index (Phi) is 5.63. The van der Waals surface area contributed by atoms with Crippen LogP contribution in [0.4, 0.5) is 0 Å². The highest BCUT2D eigenvalue weighted by Gasteiger charge is 2.36. The molecular formula is C13H23BrN2O2. The zero-order valence-electron chi connectivity index (χ0n) is 11.5. The molecule has 1 saturated heterocycles. The molecular weight excluding hydrogens is 296 g/mol. The maximum atomic E-state index is 12.0. The summed E-state index contributed by atoms with van der Waals surface area (Å²) < 4.78 is 0. The molecule has 18 heavy (non-hydrogen) atoms. The van der Waals surface area contributed by atoms with Crippen molar-refractivity contribution in [3.63, 3.8) is 0 Å². The highest BCUT2D eigenvalue weighted by Crippen LogP contribution is 2.30. The van der Waals surface area contributed by atoms with E-state index in [0.29, 0.717) is 26.2 Å². The van der Waals surface area contributed by atoms with Crippen LogP contribution in [0.1, 0.15) is 33.6 Å². The summed E-state index contributed by atoms with van der Waals surface area (Å²) in [4.78, 5) is 27.2. The number of likely N-dealkylation sites (N-methyl/N-ethyl adjacent to an activating group) is 1. The molecule has 0 bridgehead atoms. The molecule has 0 aromatic rings. The summed E-state index contributed by atoms with van der Waals surface area (Å²) in [7, 11) is 0. The van der Waals surface area contributed by atoms with Gasteiger partial charge in [0.15, 0.2) is 0 Å². The number of hydrogen-bond acceptors (Lipinski definition) is 2. The topological polar surface area (TPSA) is 40.6 Å². The van der Waals surface area contributed by atoms with Crippen LogP contribution in [0, 0.1) is 5.41 Å². The van der Waals surface area contributed by atoms with E-state index in [2.05, 4.69) is 29.8 Å². The zero-order chi connectivity index (χ0) is 13.8. The van der Waals surface area contributed by atoms with E-state index in [0.717, 1.165) is 18.2 Å². The fraction of sp³-hybridized carbons (Fsp3) is 0.846. The van der Waals surface area contributed by atoms with Gasteiger partial charge in [-0.2, -0.15) is 0 Å². The van der Waals surface area contributed by atoms with E-state index in [-0.39, 0.29) is 17.2 Å². The van der Waals surface area contributed by atoms with Gasteiger partial charge < -0.3 is 9.80 Å². The van der Waals surface area contributed by atoms with Crippen molar-refractivity contribution in [1.29, 1.82) is 0 Å². The summed E-state index contributed by atoms with van der Waals surface area (Å²) >= 11 is 3.55. The van der Waals surface area contributed by atoms with E-state index >= 15 is 0 Å². The summed E-state index contributed by atoms with van der Waals surface area (Å²) in [5.74, 6) is -0.685. The molecule has 0 atom stereocenters. The number of carbonyl (C=O) groups is 2. The first-order chi connectivity index (χ1) is 8.53. The minimum atomic E-state index is -0.348. The van der Waals surface area contributed by atoms with Crippen LogP contribution < -0.4 is 0 Å². The third-order valence-electron chi connectivity index (χ3n) is 4.09. The quantitative estimate of drug-likeness (QED) is 0.554. The summed E-state index contributed by atoms with van der Waals surface area (Å²) in [6.07, 6.45) is 2.01. The number of hydrogen-bond donors (Lipinski definition) is 0. The Labute approximate surface area is 118 Å². The molecule has 0 aliphatic carbocycles. The minimum Gasteiger partial charge on any atom is -0.333 e. The highest BCUT2D eigenvalue weighted by molar-refractivity contribution is 9.09. The first-order valence-corrected chi connectivity index (χ1v) is 7.79. The van der Waals surface area contributed by atoms with Crippen molar-refractivity contribution in [3.05, 3.63) is 0 Å². The van der Waals surface area contributed by atoms with Crippen LogP contribution in [0.3, 0.4) is 0 Å². The molecule has 2 amide bonds. The van der Waals surface area contributed by atoms with Gasteiger partial charge >= 0.3 is 11.8 Å². The Morgan fingerprint density at radius 1 is 1.06 bits per heavy atom. The molecule has 1 fully saturated rings. The van der Waals surface area contributed by atoms with Gasteiger partial charge in [-0.15, -0.1) is 0 Å². The fourth-order valence-corrected chi connectivity index (χ4v) is 3.25. The van der Waals surface area contributed by atoms with Gasteiger partial charge in [0.05, 0.1) is 0 Å². The normalized spacial score (nSPS) is 17.6. The molecule has 0 spiro atoms. The molecule has 1 aliphatic heterocycles. The first kappa shape index (κ1) is 15.5. The van der Waals surface area contributed by atoms with Crippen LogP contribution in [0.15, 0.2) is 0 Å². The molecule has 0 unspecified atom stereocenters. The van der Waals surface area contributed by atoms with Crippen molar-refractivity contribution in [1.82, 2.24) is 9.80 Å². The van der Waals surface area contributed by atoms with Crippen molar-refractivity contribution < 1.29 is 9.59 Å². The standard InChI is InChI=1S/C13H23BrN2O2/c1-4-13(5-2,9-14)10-16-8-7-15(6-3)11(17)12(16)18/h4-10H2,1-3H3. The molecule has 104 valence electrons. The van der Waals surface area contributed by atoms with Crippen molar-refractivity contribution in [2.75, 3.05) is 31.5 Å². The minimum absolute atomic E-state index is 0.0876. The van der Waals surface area contributed by atoms with Gasteiger partial charge in [0.2, 0.25) is 0 Å². The first-order valence-electron chi connectivity index (χ1n) is 6.67. The van der Waals surface area contributed by atoms with E-state index < -0.39 is 0 Å². The van der Waals surface area contributed by atoms with Gasteiger partial charge in [0, 0.05) is 31.5 Å². The Hall–Kier alpha value is -0.580. The lowest BCUT2D eigenvalue weighted by atomic mass is 9.84. The maximum absolute atomic E-state index is 12.0. The number of rotatable bonds is 6. The predicted octanol–water partition coefficient (Wildman–Crippen LogP) is 1.88. The smallest absolute Gasteiger partial charge is 0.312 e. The van der Waals surface area contributed by atoms with E-state index in [9.17, 15) is 9.59 Å². The Morgan fingerprint density at radius 3 is 2.00 bits per heavy atom. The number of alkyl halides is 1. The third kappa shape index (κ3) is 3.05. The van der Waals surface area contributed by atoms with Crippen molar-refractivity contribution >= 4 is 27.7 Å². The predicted molar refractivity (Wildman–Crippen MR) is 75.6 cm³/mol. The SMILES string of the molecule is CCN1CCN(CC(CC)(CC)CBr)C(=O)C1=O. The lowest BCUT2D eigenvalue weighted by molar-refractivity contribution is -0.156. The van der Waals surface area contributed by atoms with E-state index in [1.165, 1.54) is 0 Å². The molecule has 0 aromatic carbocycles. The van der Waals surface area contributed by atoms with Gasteiger partial charge in [-0.05, 0) is 25.2 Å². The molecule has 0 radical (unpaired) electrons. The molecule has 0 saturated carbocycles. The summed E-state index contributed by atoms with van der Waals surface area (Å²) in [5, 5.41) is 0.864. The monoisotopic (exact) mass is 318 g/mol. The molecule has 1 rings (SSSR count). The summed E-state index contributed by atoms with van der Waals surface area (Å²) in [6.45, 7) is 8.79. The van der Waals surface area contributed by atoms with E-state index in [1.807, 2.05) is 6.92 Å². The third-order valence-corrected chi connectivity index (χ3v) is 5.28. The van der Waals surface area contributed by atoms with Gasteiger partial charge in [0.1, 0.15) is 0 Å². The molecule has 0 aromatic heterocycles. The Morgan fingerprint density at radius 2 is 1.56 bits per heavy atom. The zero-order valence-corrected chi connectivity index (χ0v) is 13.1. The Balaban J connectivity index is 2.74. The van der Waals surface area contributed by atoms with E-state index in [4.69, 9.17) is 0 Å². The van der Waals surface area contributed by atoms with Crippen LogP contribution >= 0.6 is 15.9 Å². The number of piperazine rings is 1. The average molecular weight is 319 g/mol. The van der Waals surface area contributed by atoms with Crippen LogP contribution in [-0.4, -0.2) is 53.1 Å². The van der Waals surface area contributed by atoms with Crippen molar-refractivity contribution in [3.8, 4) is 0 Å². The number of carbonyl (C=O) groups excluding carboxylic acids is 2. The molecule has 1 aliphatic rings. The van der Waals surface area contributed by atoms with Crippen LogP contribution in [0.2, 0.25) is 0 Å². The second-order valence-corrected chi connectivity index (χ2v) is 5.51. The molecule has 4 nitrogen and oxygen atoms in total. The number of amides is 2. The van der Waals surface area contributed by atoms with Gasteiger partial charge in [-0.25, -0.2) is 0 Å². The lowest BCUT2D eigenvalue weighted by Gasteiger charge is -2.39. The maximum Gasteiger partial charge on any atom is 0.312 e. The van der Waals surface area contributed by atoms with Crippen LogP contribution in [-0.2, 0) is 9.59 Å². The van der Waals surface area contributed by atoms with Crippen molar-refractivity contribution in [2.45, 2.75) is 33.6 Å². The largest absolute Gasteiger partial charge is 0.333 e. The number of nitrogens with zero attached hydrogens (tertiary/aromatic N) is 2. The number of halogens is 1. The van der Waals surface area contributed by atoms with Crippen LogP contribution in [0.25, 0.3) is 0 Å². The average Bonchev–Trinajstić information content (AvgIpc) is 2.41. The summed E-state index contributed by atoms with van der Waals surface area (Å²) in [5.41, 5.74) is 0.0876. The van der Waals surface area contributed by atoms with E-state index in [1.54, 1.807) is 9.80 Å².